The lowest BCUT2D eigenvalue weighted by Gasteiger charge is -2.05. The highest BCUT2D eigenvalue weighted by Gasteiger charge is 2.14. The molecular formula is C24H20N4OS. The molecule has 0 unspecified atom stereocenters. The first-order valence-corrected chi connectivity index (χ1v) is 10.6. The molecule has 0 saturated carbocycles. The van der Waals surface area contributed by atoms with Crippen molar-refractivity contribution in [2.75, 3.05) is 5.32 Å². The summed E-state index contributed by atoms with van der Waals surface area (Å²) in [7, 11) is 0. The largest absolute Gasteiger partial charge is 0.326 e. The van der Waals surface area contributed by atoms with Gasteiger partial charge in [-0.2, -0.15) is 5.10 Å². The number of amides is 1. The van der Waals surface area contributed by atoms with Gasteiger partial charge in [0.15, 0.2) is 0 Å². The Balaban J connectivity index is 1.31. The second-order valence-corrected chi connectivity index (χ2v) is 8.50. The molecule has 5 rings (SSSR count). The minimum absolute atomic E-state index is 0.0441. The number of aromatic amines is 1. The minimum atomic E-state index is -0.0441. The van der Waals surface area contributed by atoms with Crippen molar-refractivity contribution in [3.8, 4) is 0 Å². The number of benzene rings is 3. The Morgan fingerprint density at radius 1 is 1.07 bits per heavy atom. The lowest BCUT2D eigenvalue weighted by Crippen LogP contribution is -2.14. The van der Waals surface area contributed by atoms with Gasteiger partial charge in [-0.05, 0) is 41.5 Å². The van der Waals surface area contributed by atoms with Crippen LogP contribution in [-0.4, -0.2) is 21.1 Å². The zero-order valence-corrected chi connectivity index (χ0v) is 17.3. The number of aromatic nitrogens is 3. The highest BCUT2D eigenvalue weighted by molar-refractivity contribution is 7.11. The van der Waals surface area contributed by atoms with E-state index in [-0.39, 0.29) is 5.91 Å². The molecular weight excluding hydrogens is 392 g/mol. The van der Waals surface area contributed by atoms with Gasteiger partial charge in [-0.25, -0.2) is 4.98 Å². The Morgan fingerprint density at radius 2 is 1.93 bits per heavy atom. The predicted molar refractivity (Wildman–Crippen MR) is 122 cm³/mol. The fourth-order valence-corrected chi connectivity index (χ4v) is 4.79. The maximum Gasteiger partial charge on any atom is 0.229 e. The average Bonchev–Trinajstić information content (AvgIpc) is 3.34. The number of hydrogen-bond acceptors (Lipinski definition) is 4. The van der Waals surface area contributed by atoms with E-state index in [0.717, 1.165) is 38.6 Å². The van der Waals surface area contributed by atoms with Crippen molar-refractivity contribution in [3.63, 3.8) is 0 Å². The first-order valence-electron chi connectivity index (χ1n) is 9.80. The molecule has 0 saturated heterocycles. The van der Waals surface area contributed by atoms with E-state index in [1.54, 1.807) is 17.5 Å². The van der Waals surface area contributed by atoms with Crippen molar-refractivity contribution in [2.24, 2.45) is 0 Å². The maximum absolute atomic E-state index is 12.6. The van der Waals surface area contributed by atoms with E-state index in [2.05, 4.69) is 58.0 Å². The van der Waals surface area contributed by atoms with Gasteiger partial charge >= 0.3 is 0 Å². The first-order chi connectivity index (χ1) is 14.7. The number of rotatable bonds is 5. The Labute approximate surface area is 177 Å². The molecule has 2 aromatic heterocycles. The van der Waals surface area contributed by atoms with Gasteiger partial charge in [0.2, 0.25) is 5.91 Å². The van der Waals surface area contributed by atoms with Crippen molar-refractivity contribution in [2.45, 2.75) is 19.8 Å². The summed E-state index contributed by atoms with van der Waals surface area (Å²) in [6, 6.07) is 20.5. The number of thiazole rings is 1. The van der Waals surface area contributed by atoms with Gasteiger partial charge in [-0.1, -0.05) is 42.5 Å². The third-order valence-corrected chi connectivity index (χ3v) is 6.36. The van der Waals surface area contributed by atoms with Crippen LogP contribution in [0.4, 0.5) is 5.69 Å². The summed E-state index contributed by atoms with van der Waals surface area (Å²) < 4.78 is 0. The van der Waals surface area contributed by atoms with Crippen molar-refractivity contribution >= 4 is 44.6 Å². The molecule has 5 aromatic rings. The molecule has 6 heteroatoms. The summed E-state index contributed by atoms with van der Waals surface area (Å²) in [5.41, 5.74) is 3.84. The first kappa shape index (κ1) is 18.5. The summed E-state index contributed by atoms with van der Waals surface area (Å²) in [5, 5.41) is 14.4. The van der Waals surface area contributed by atoms with Crippen LogP contribution in [0.3, 0.4) is 0 Å². The van der Waals surface area contributed by atoms with Crippen LogP contribution in [0.15, 0.2) is 66.9 Å². The average molecular weight is 413 g/mol. The molecule has 0 spiro atoms. The SMILES string of the molecule is Cc1nc(Cc2cccc3ccccc23)sc1CC(=O)Nc1ccc2cn[nH]c2c1. The van der Waals surface area contributed by atoms with Crippen LogP contribution in [0.1, 0.15) is 21.1 Å². The number of hydrogen-bond donors (Lipinski definition) is 2. The number of anilines is 1. The van der Waals surface area contributed by atoms with Gasteiger partial charge in [-0.3, -0.25) is 9.89 Å². The smallest absolute Gasteiger partial charge is 0.229 e. The van der Waals surface area contributed by atoms with Crippen LogP contribution in [0, 0.1) is 6.92 Å². The van der Waals surface area contributed by atoms with E-state index in [4.69, 9.17) is 4.98 Å². The molecule has 5 nitrogen and oxygen atoms in total. The molecule has 30 heavy (non-hydrogen) atoms. The standard InChI is InChI=1S/C24H20N4OS/c1-15-22(13-23(29)27-19-10-9-18-14-25-28-21(18)12-19)30-24(26-15)11-17-7-4-6-16-5-2-3-8-20(16)17/h2-10,12,14H,11,13H2,1H3,(H,25,28)(H,27,29). The van der Waals surface area contributed by atoms with Crippen LogP contribution in [-0.2, 0) is 17.6 Å². The molecule has 0 aliphatic rings. The van der Waals surface area contributed by atoms with E-state index in [1.165, 1.54) is 16.3 Å². The maximum atomic E-state index is 12.6. The highest BCUT2D eigenvalue weighted by Crippen LogP contribution is 2.26. The van der Waals surface area contributed by atoms with E-state index < -0.39 is 0 Å². The molecule has 0 radical (unpaired) electrons. The Morgan fingerprint density at radius 3 is 2.87 bits per heavy atom. The lowest BCUT2D eigenvalue weighted by atomic mass is 10.0. The summed E-state index contributed by atoms with van der Waals surface area (Å²) in [5.74, 6) is -0.0441. The number of carbonyl (C=O) groups excluding carboxylic acids is 1. The third-order valence-electron chi connectivity index (χ3n) is 5.21. The van der Waals surface area contributed by atoms with E-state index in [1.807, 2.05) is 25.1 Å². The summed E-state index contributed by atoms with van der Waals surface area (Å²) in [4.78, 5) is 18.3. The molecule has 1 amide bonds. The molecule has 0 atom stereocenters. The lowest BCUT2D eigenvalue weighted by molar-refractivity contribution is -0.115. The molecule has 0 aliphatic carbocycles. The molecule has 0 fully saturated rings. The fraction of sp³-hybridized carbons (Fsp3) is 0.125. The van der Waals surface area contributed by atoms with E-state index in [9.17, 15) is 4.79 Å². The molecule has 2 N–H and O–H groups in total. The summed E-state index contributed by atoms with van der Waals surface area (Å²) >= 11 is 1.62. The van der Waals surface area contributed by atoms with E-state index >= 15 is 0 Å². The summed E-state index contributed by atoms with van der Waals surface area (Å²) in [6.45, 7) is 1.97. The molecule has 3 aromatic carbocycles. The quantitative estimate of drug-likeness (QED) is 0.414. The van der Waals surface area contributed by atoms with Crippen molar-refractivity contribution < 1.29 is 4.79 Å². The van der Waals surface area contributed by atoms with Crippen molar-refractivity contribution in [1.29, 1.82) is 0 Å². The molecule has 0 bridgehead atoms. The number of H-pyrrole nitrogens is 1. The second-order valence-electron chi connectivity index (χ2n) is 7.33. The van der Waals surface area contributed by atoms with E-state index in [0.29, 0.717) is 6.42 Å². The minimum Gasteiger partial charge on any atom is -0.326 e. The number of aryl methyl sites for hydroxylation is 1. The van der Waals surface area contributed by atoms with Crippen LogP contribution in [0.5, 0.6) is 0 Å². The Hall–Kier alpha value is -3.51. The van der Waals surface area contributed by atoms with Gasteiger partial charge in [-0.15, -0.1) is 11.3 Å². The second kappa shape index (κ2) is 7.72. The number of carbonyl (C=O) groups is 1. The number of fused-ring (bicyclic) bond motifs is 2. The molecule has 2 heterocycles. The van der Waals surface area contributed by atoms with Gasteiger partial charge in [0.1, 0.15) is 0 Å². The van der Waals surface area contributed by atoms with Crippen LogP contribution < -0.4 is 5.32 Å². The normalized spacial score (nSPS) is 11.2. The number of nitrogens with one attached hydrogen (secondary N) is 2. The summed E-state index contributed by atoms with van der Waals surface area (Å²) in [6.07, 6.45) is 2.85. The zero-order chi connectivity index (χ0) is 20.5. The topological polar surface area (TPSA) is 70.7 Å². The van der Waals surface area contributed by atoms with Crippen LogP contribution in [0.25, 0.3) is 21.7 Å². The number of nitrogens with zero attached hydrogens (tertiary/aromatic N) is 2. The van der Waals surface area contributed by atoms with Crippen LogP contribution in [0.2, 0.25) is 0 Å². The Kier molecular flexibility index (Phi) is 4.77. The Bertz CT molecular complexity index is 1360. The van der Waals surface area contributed by atoms with Gasteiger partial charge in [0.05, 0.1) is 28.8 Å². The van der Waals surface area contributed by atoms with Crippen molar-refractivity contribution in [1.82, 2.24) is 15.2 Å². The molecule has 0 aliphatic heterocycles. The van der Waals surface area contributed by atoms with Crippen molar-refractivity contribution in [3.05, 3.63) is 88.0 Å². The van der Waals surface area contributed by atoms with Gasteiger partial charge in [0.25, 0.3) is 0 Å². The third kappa shape index (κ3) is 3.69. The predicted octanol–water partition coefficient (Wildman–Crippen LogP) is 5.25. The zero-order valence-electron chi connectivity index (χ0n) is 16.5. The fourth-order valence-electron chi connectivity index (χ4n) is 3.70. The monoisotopic (exact) mass is 412 g/mol. The molecule has 148 valence electrons. The van der Waals surface area contributed by atoms with Crippen LogP contribution >= 0.6 is 11.3 Å². The highest BCUT2D eigenvalue weighted by atomic mass is 32.1. The van der Waals surface area contributed by atoms with Gasteiger partial charge < -0.3 is 5.32 Å². The van der Waals surface area contributed by atoms with Gasteiger partial charge in [0, 0.05) is 22.4 Å².